The smallest absolute Gasteiger partial charge is 0.337 e. The molecule has 4 rings (SSSR count). The second kappa shape index (κ2) is 7.64. The van der Waals surface area contributed by atoms with E-state index < -0.39 is 17.7 Å². The van der Waals surface area contributed by atoms with Gasteiger partial charge in [-0.15, -0.1) is 0 Å². The predicted molar refractivity (Wildman–Crippen MR) is 124 cm³/mol. The van der Waals surface area contributed by atoms with Crippen molar-refractivity contribution in [1.29, 1.82) is 0 Å². The number of ether oxygens (including phenoxy) is 1. The Morgan fingerprint density at radius 2 is 1.72 bits per heavy atom. The van der Waals surface area contributed by atoms with Crippen molar-refractivity contribution >= 4 is 27.8 Å². The Balaban J connectivity index is 2.19. The number of furan rings is 1. The second-order valence-corrected chi connectivity index (χ2v) is 9.18. The van der Waals surface area contributed by atoms with E-state index in [4.69, 9.17) is 9.15 Å². The molecule has 0 bridgehead atoms. The van der Waals surface area contributed by atoms with Gasteiger partial charge in [-0.2, -0.15) is 0 Å². The minimum Gasteiger partial charge on any atom is -0.491 e. The van der Waals surface area contributed by atoms with Crippen LogP contribution in [0.25, 0.3) is 33.0 Å². The Bertz CT molecular complexity index is 1340. The Morgan fingerprint density at radius 1 is 1.06 bits per heavy atom. The van der Waals surface area contributed by atoms with E-state index in [1.165, 1.54) is 6.26 Å². The van der Waals surface area contributed by atoms with Crippen molar-refractivity contribution in [2.45, 2.75) is 53.2 Å². The van der Waals surface area contributed by atoms with Gasteiger partial charge >= 0.3 is 5.97 Å². The molecule has 32 heavy (non-hydrogen) atoms. The van der Waals surface area contributed by atoms with Crippen LogP contribution < -0.4 is 0 Å². The van der Waals surface area contributed by atoms with Crippen LogP contribution in [0.3, 0.4) is 0 Å². The van der Waals surface area contributed by atoms with Gasteiger partial charge in [0, 0.05) is 16.3 Å². The average Bonchev–Trinajstić information content (AvgIpc) is 3.19. The lowest BCUT2D eigenvalue weighted by atomic mass is 9.84. The van der Waals surface area contributed by atoms with Gasteiger partial charge in [0.05, 0.1) is 17.4 Å². The molecule has 2 aromatic carbocycles. The van der Waals surface area contributed by atoms with Gasteiger partial charge in [-0.1, -0.05) is 29.8 Å². The highest BCUT2D eigenvalue weighted by molar-refractivity contribution is 6.11. The standard InChI is InChI=1S/C26H27NO5/c1-13-7-9-16(10-8-13)18-14(2)19-17-11-12-31-22(17)24(28)27-21(19)15(3)20(18)23(25(29)30)32-26(4,5)6/h7-12,23H,1-6H3,(H,27,28)(H,29,30)/t23-/m0/s1. The van der Waals surface area contributed by atoms with Crippen LogP contribution in [0.15, 0.2) is 41.0 Å². The molecular formula is C26H27NO5. The number of carboxylic acids is 1. The highest BCUT2D eigenvalue weighted by atomic mass is 16.5. The number of benzene rings is 2. The van der Waals surface area contributed by atoms with Crippen LogP contribution in [-0.4, -0.2) is 26.8 Å². The van der Waals surface area contributed by atoms with Crippen LogP contribution in [0.5, 0.6) is 5.88 Å². The highest BCUT2D eigenvalue weighted by Crippen LogP contribution is 2.44. The lowest BCUT2D eigenvalue weighted by Gasteiger charge is -2.29. The van der Waals surface area contributed by atoms with E-state index in [1.807, 2.05) is 65.8 Å². The molecule has 2 heterocycles. The van der Waals surface area contributed by atoms with Crippen LogP contribution >= 0.6 is 0 Å². The molecule has 0 unspecified atom stereocenters. The van der Waals surface area contributed by atoms with Gasteiger partial charge in [-0.3, -0.25) is 0 Å². The van der Waals surface area contributed by atoms with E-state index in [-0.39, 0.29) is 5.88 Å². The molecule has 6 heteroatoms. The van der Waals surface area contributed by atoms with Crippen molar-refractivity contribution < 1.29 is 24.2 Å². The lowest BCUT2D eigenvalue weighted by molar-refractivity contribution is -0.160. The third-order valence-corrected chi connectivity index (χ3v) is 5.67. The van der Waals surface area contributed by atoms with E-state index in [0.29, 0.717) is 22.2 Å². The maximum absolute atomic E-state index is 12.4. The second-order valence-electron chi connectivity index (χ2n) is 9.18. The Hall–Kier alpha value is -3.38. The quantitative estimate of drug-likeness (QED) is 0.397. The van der Waals surface area contributed by atoms with Crippen molar-refractivity contribution in [3.63, 3.8) is 0 Å². The van der Waals surface area contributed by atoms with Crippen molar-refractivity contribution in [1.82, 2.24) is 4.98 Å². The maximum Gasteiger partial charge on any atom is 0.337 e. The number of pyridine rings is 1. The molecule has 0 radical (unpaired) electrons. The normalized spacial score (nSPS) is 13.1. The number of nitrogens with zero attached hydrogens (tertiary/aromatic N) is 1. The third kappa shape index (κ3) is 3.60. The number of carbonyl (C=O) groups is 1. The molecule has 0 aliphatic carbocycles. The maximum atomic E-state index is 12.4. The van der Waals surface area contributed by atoms with Crippen molar-refractivity contribution in [3.8, 4) is 17.0 Å². The molecule has 166 valence electrons. The van der Waals surface area contributed by atoms with Crippen molar-refractivity contribution in [3.05, 3.63) is 58.8 Å². The summed E-state index contributed by atoms with van der Waals surface area (Å²) in [5, 5.41) is 22.2. The fourth-order valence-corrected chi connectivity index (χ4v) is 4.32. The monoisotopic (exact) mass is 433 g/mol. The lowest BCUT2D eigenvalue weighted by Crippen LogP contribution is -2.28. The number of fused-ring (bicyclic) bond motifs is 3. The van der Waals surface area contributed by atoms with Crippen LogP contribution in [0, 0.1) is 20.8 Å². The van der Waals surface area contributed by atoms with Gasteiger partial charge in [0.2, 0.25) is 0 Å². The number of aryl methyl sites for hydroxylation is 3. The first-order valence-electron chi connectivity index (χ1n) is 10.5. The zero-order valence-corrected chi connectivity index (χ0v) is 19.1. The summed E-state index contributed by atoms with van der Waals surface area (Å²) in [6.07, 6.45) is 0.307. The third-order valence-electron chi connectivity index (χ3n) is 5.67. The van der Waals surface area contributed by atoms with E-state index in [9.17, 15) is 15.0 Å². The molecule has 6 nitrogen and oxygen atoms in total. The minimum absolute atomic E-state index is 0.224. The van der Waals surface area contributed by atoms with Crippen molar-refractivity contribution in [2.24, 2.45) is 0 Å². The molecule has 4 aromatic rings. The predicted octanol–water partition coefficient (Wildman–Crippen LogP) is 6.22. The molecule has 0 amide bonds. The highest BCUT2D eigenvalue weighted by Gasteiger charge is 2.33. The number of carboxylic acid groups (broad SMARTS) is 1. The fourth-order valence-electron chi connectivity index (χ4n) is 4.32. The summed E-state index contributed by atoms with van der Waals surface area (Å²) in [4.78, 5) is 16.8. The van der Waals surface area contributed by atoms with Gasteiger partial charge in [0.15, 0.2) is 11.7 Å². The molecule has 2 N–H and O–H groups in total. The average molecular weight is 434 g/mol. The van der Waals surface area contributed by atoms with Gasteiger partial charge < -0.3 is 19.4 Å². The van der Waals surface area contributed by atoms with Gasteiger partial charge in [0.1, 0.15) is 0 Å². The van der Waals surface area contributed by atoms with Crippen LogP contribution in [0.1, 0.15) is 49.1 Å². The van der Waals surface area contributed by atoms with E-state index in [2.05, 4.69) is 4.98 Å². The number of aromatic nitrogens is 1. The molecule has 0 saturated carbocycles. The summed E-state index contributed by atoms with van der Waals surface area (Å²) in [5.74, 6) is -1.30. The first kappa shape index (κ1) is 21.8. The number of hydrogen-bond donors (Lipinski definition) is 2. The SMILES string of the molecule is Cc1ccc(-c2c([C@H](OC(C)(C)C)C(=O)O)c(C)c3nc(O)c4occc4c3c2C)cc1. The topological polar surface area (TPSA) is 92.8 Å². The summed E-state index contributed by atoms with van der Waals surface area (Å²) in [5.41, 5.74) is 4.98. The molecule has 1 atom stereocenters. The summed E-state index contributed by atoms with van der Waals surface area (Å²) in [6, 6.07) is 9.78. The zero-order valence-electron chi connectivity index (χ0n) is 19.1. The number of rotatable bonds is 4. The number of hydrogen-bond acceptors (Lipinski definition) is 5. The molecule has 2 aromatic heterocycles. The molecular weight excluding hydrogens is 406 g/mol. The summed E-state index contributed by atoms with van der Waals surface area (Å²) < 4.78 is 11.5. The molecule has 0 saturated heterocycles. The summed E-state index contributed by atoms with van der Waals surface area (Å²) >= 11 is 0. The van der Waals surface area contributed by atoms with Crippen LogP contribution in [0.4, 0.5) is 0 Å². The van der Waals surface area contributed by atoms with E-state index in [1.54, 1.807) is 6.07 Å². The van der Waals surface area contributed by atoms with Gasteiger partial charge in [-0.25, -0.2) is 9.78 Å². The molecule has 0 aliphatic heterocycles. The van der Waals surface area contributed by atoms with Gasteiger partial charge in [-0.05, 0) is 69.9 Å². The Labute approximate surface area is 186 Å². The fraction of sp³-hybridized carbons (Fsp3) is 0.308. The van der Waals surface area contributed by atoms with Crippen LogP contribution in [-0.2, 0) is 9.53 Å². The number of aromatic hydroxyl groups is 1. The van der Waals surface area contributed by atoms with Crippen LogP contribution in [0.2, 0.25) is 0 Å². The minimum atomic E-state index is -1.21. The molecule has 0 spiro atoms. The number of aliphatic carboxylic acids is 1. The Kier molecular flexibility index (Phi) is 5.21. The zero-order chi connectivity index (χ0) is 23.4. The summed E-state index contributed by atoms with van der Waals surface area (Å²) in [6.45, 7) is 11.3. The van der Waals surface area contributed by atoms with Gasteiger partial charge in [0.25, 0.3) is 5.88 Å². The first-order valence-corrected chi connectivity index (χ1v) is 10.5. The van der Waals surface area contributed by atoms with E-state index >= 15 is 0 Å². The Morgan fingerprint density at radius 3 is 2.31 bits per heavy atom. The van der Waals surface area contributed by atoms with Crippen molar-refractivity contribution in [2.75, 3.05) is 0 Å². The summed E-state index contributed by atoms with van der Waals surface area (Å²) in [7, 11) is 0. The molecule has 0 fully saturated rings. The largest absolute Gasteiger partial charge is 0.491 e. The molecule has 0 aliphatic rings. The first-order chi connectivity index (χ1) is 15.0. The van der Waals surface area contributed by atoms with E-state index in [0.717, 1.165) is 33.0 Å².